The van der Waals surface area contributed by atoms with Crippen molar-refractivity contribution in [2.45, 2.75) is 43.9 Å². The lowest BCUT2D eigenvalue weighted by Crippen LogP contribution is -2.01. The minimum Gasteiger partial charge on any atom is -0.122 e. The smallest absolute Gasteiger partial charge is 0.0474 e. The highest BCUT2D eigenvalue weighted by molar-refractivity contribution is 6.17. The Morgan fingerprint density at radius 1 is 0.667 bits per heavy atom. The maximum absolute atomic E-state index is 5.84. The number of halogens is 2. The SMILES string of the molecule is CC(CC(C)c1ccc(CCl)cc1)c1ccc(CCl)cc1. The first-order valence-electron chi connectivity index (χ1n) is 7.43. The highest BCUT2D eigenvalue weighted by atomic mass is 35.5. The van der Waals surface area contributed by atoms with Gasteiger partial charge in [-0.3, -0.25) is 0 Å². The number of hydrogen-bond donors (Lipinski definition) is 0. The lowest BCUT2D eigenvalue weighted by molar-refractivity contribution is 0.593. The molecule has 0 saturated heterocycles. The molecular formula is C19H22Cl2. The van der Waals surface area contributed by atoms with Gasteiger partial charge in [-0.25, -0.2) is 0 Å². The topological polar surface area (TPSA) is 0 Å². The zero-order chi connectivity index (χ0) is 15.2. The van der Waals surface area contributed by atoms with Crippen LogP contribution in [0.2, 0.25) is 0 Å². The van der Waals surface area contributed by atoms with Crippen molar-refractivity contribution < 1.29 is 0 Å². The largest absolute Gasteiger partial charge is 0.122 e. The van der Waals surface area contributed by atoms with E-state index in [0.29, 0.717) is 23.6 Å². The Labute approximate surface area is 138 Å². The second-order valence-electron chi connectivity index (χ2n) is 5.79. The summed E-state index contributed by atoms with van der Waals surface area (Å²) in [6.45, 7) is 4.58. The van der Waals surface area contributed by atoms with Crippen LogP contribution >= 0.6 is 23.2 Å². The van der Waals surface area contributed by atoms with Gasteiger partial charge in [-0.2, -0.15) is 0 Å². The fourth-order valence-electron chi connectivity index (χ4n) is 2.67. The first-order valence-corrected chi connectivity index (χ1v) is 8.50. The van der Waals surface area contributed by atoms with Crippen molar-refractivity contribution in [2.75, 3.05) is 0 Å². The summed E-state index contributed by atoms with van der Waals surface area (Å²) < 4.78 is 0. The molecule has 0 aromatic heterocycles. The normalized spacial score (nSPS) is 13.9. The molecule has 2 rings (SSSR count). The molecule has 2 aromatic rings. The summed E-state index contributed by atoms with van der Waals surface area (Å²) >= 11 is 11.7. The van der Waals surface area contributed by atoms with Crippen LogP contribution in [0.15, 0.2) is 48.5 Å². The number of hydrogen-bond acceptors (Lipinski definition) is 0. The van der Waals surface area contributed by atoms with E-state index in [9.17, 15) is 0 Å². The predicted molar refractivity (Wildman–Crippen MR) is 93.4 cm³/mol. The molecule has 2 atom stereocenters. The van der Waals surface area contributed by atoms with E-state index in [0.717, 1.165) is 6.42 Å². The van der Waals surface area contributed by atoms with Gasteiger partial charge >= 0.3 is 0 Å². The summed E-state index contributed by atoms with van der Waals surface area (Å²) in [6, 6.07) is 17.3. The van der Waals surface area contributed by atoms with Gasteiger partial charge in [0.1, 0.15) is 0 Å². The molecule has 0 nitrogen and oxygen atoms in total. The van der Waals surface area contributed by atoms with Gasteiger partial charge in [0.25, 0.3) is 0 Å². The Balaban J connectivity index is 2.01. The average Bonchev–Trinajstić information content (AvgIpc) is 2.55. The van der Waals surface area contributed by atoms with Crippen LogP contribution in [0.25, 0.3) is 0 Å². The van der Waals surface area contributed by atoms with Gasteiger partial charge < -0.3 is 0 Å². The van der Waals surface area contributed by atoms with E-state index in [1.54, 1.807) is 0 Å². The van der Waals surface area contributed by atoms with Crippen molar-refractivity contribution in [2.24, 2.45) is 0 Å². The lowest BCUT2D eigenvalue weighted by atomic mass is 9.87. The van der Waals surface area contributed by atoms with E-state index in [1.807, 2.05) is 0 Å². The van der Waals surface area contributed by atoms with E-state index >= 15 is 0 Å². The second kappa shape index (κ2) is 7.87. The molecule has 0 heterocycles. The highest BCUT2D eigenvalue weighted by Gasteiger charge is 2.12. The molecule has 0 radical (unpaired) electrons. The molecule has 0 fully saturated rings. The molecular weight excluding hydrogens is 299 g/mol. The van der Waals surface area contributed by atoms with E-state index in [4.69, 9.17) is 23.2 Å². The second-order valence-corrected chi connectivity index (χ2v) is 6.32. The molecule has 0 aliphatic carbocycles. The van der Waals surface area contributed by atoms with Gasteiger partial charge in [0.2, 0.25) is 0 Å². The third-order valence-corrected chi connectivity index (χ3v) is 4.73. The molecule has 21 heavy (non-hydrogen) atoms. The van der Waals surface area contributed by atoms with Crippen molar-refractivity contribution >= 4 is 23.2 Å². The Hall–Kier alpha value is -0.980. The maximum Gasteiger partial charge on any atom is 0.0474 e. The molecule has 112 valence electrons. The maximum atomic E-state index is 5.84. The number of rotatable bonds is 6. The van der Waals surface area contributed by atoms with Crippen LogP contribution in [0.3, 0.4) is 0 Å². The van der Waals surface area contributed by atoms with E-state index in [2.05, 4.69) is 62.4 Å². The van der Waals surface area contributed by atoms with Crippen LogP contribution in [0.4, 0.5) is 0 Å². The van der Waals surface area contributed by atoms with Crippen molar-refractivity contribution in [3.63, 3.8) is 0 Å². The Kier molecular flexibility index (Phi) is 6.14. The quantitative estimate of drug-likeness (QED) is 0.535. The van der Waals surface area contributed by atoms with Crippen LogP contribution in [-0.4, -0.2) is 0 Å². The summed E-state index contributed by atoms with van der Waals surface area (Å²) in [5.41, 5.74) is 5.12. The third kappa shape index (κ3) is 4.49. The monoisotopic (exact) mass is 320 g/mol. The molecule has 2 aromatic carbocycles. The molecule has 0 amide bonds. The van der Waals surface area contributed by atoms with Gasteiger partial charge in [0.15, 0.2) is 0 Å². The van der Waals surface area contributed by atoms with Gasteiger partial charge in [0, 0.05) is 11.8 Å². The van der Waals surface area contributed by atoms with Crippen LogP contribution in [0, 0.1) is 0 Å². The van der Waals surface area contributed by atoms with Crippen molar-refractivity contribution in [3.05, 3.63) is 70.8 Å². The molecule has 0 saturated carbocycles. The molecule has 0 spiro atoms. The summed E-state index contributed by atoms with van der Waals surface area (Å²) in [4.78, 5) is 0. The van der Waals surface area contributed by atoms with E-state index in [1.165, 1.54) is 22.3 Å². The lowest BCUT2D eigenvalue weighted by Gasteiger charge is -2.18. The summed E-state index contributed by atoms with van der Waals surface area (Å²) in [6.07, 6.45) is 1.14. The van der Waals surface area contributed by atoms with Crippen LogP contribution in [0.1, 0.15) is 54.4 Å². The van der Waals surface area contributed by atoms with Gasteiger partial charge in [0.05, 0.1) is 0 Å². The number of alkyl halides is 2. The van der Waals surface area contributed by atoms with Gasteiger partial charge in [-0.1, -0.05) is 62.4 Å². The van der Waals surface area contributed by atoms with Gasteiger partial charge in [-0.15, -0.1) is 23.2 Å². The van der Waals surface area contributed by atoms with Crippen LogP contribution in [0.5, 0.6) is 0 Å². The standard InChI is InChI=1S/C19H22Cl2/c1-14(18-7-3-16(12-20)4-8-18)11-15(2)19-9-5-17(13-21)6-10-19/h3-10,14-15H,11-13H2,1-2H3. The average molecular weight is 321 g/mol. The van der Waals surface area contributed by atoms with Crippen LogP contribution in [-0.2, 0) is 11.8 Å². The Bertz CT molecular complexity index is 491. The summed E-state index contributed by atoms with van der Waals surface area (Å²) in [7, 11) is 0. The minimum absolute atomic E-state index is 0.539. The summed E-state index contributed by atoms with van der Waals surface area (Å²) in [5.74, 6) is 2.24. The van der Waals surface area contributed by atoms with Crippen molar-refractivity contribution in [1.82, 2.24) is 0 Å². The zero-order valence-electron chi connectivity index (χ0n) is 12.7. The summed E-state index contributed by atoms with van der Waals surface area (Å²) in [5, 5.41) is 0. The molecule has 2 heteroatoms. The van der Waals surface area contributed by atoms with E-state index < -0.39 is 0 Å². The fourth-order valence-corrected chi connectivity index (χ4v) is 3.03. The molecule has 0 bridgehead atoms. The van der Waals surface area contributed by atoms with E-state index in [-0.39, 0.29) is 0 Å². The molecule has 0 N–H and O–H groups in total. The first kappa shape index (κ1) is 16.4. The van der Waals surface area contributed by atoms with Crippen molar-refractivity contribution in [3.8, 4) is 0 Å². The molecule has 2 unspecified atom stereocenters. The number of benzene rings is 2. The first-order chi connectivity index (χ1) is 10.1. The minimum atomic E-state index is 0.539. The Morgan fingerprint density at radius 3 is 1.29 bits per heavy atom. The van der Waals surface area contributed by atoms with Crippen molar-refractivity contribution in [1.29, 1.82) is 0 Å². The molecule has 0 aliphatic heterocycles. The fraction of sp³-hybridized carbons (Fsp3) is 0.368. The third-order valence-electron chi connectivity index (χ3n) is 4.11. The van der Waals surface area contributed by atoms with Crippen LogP contribution < -0.4 is 0 Å². The Morgan fingerprint density at radius 2 is 1.00 bits per heavy atom. The van der Waals surface area contributed by atoms with Gasteiger partial charge in [-0.05, 0) is 40.5 Å². The predicted octanol–water partition coefficient (Wildman–Crippen LogP) is 6.46. The molecule has 0 aliphatic rings. The zero-order valence-corrected chi connectivity index (χ0v) is 14.2. The highest BCUT2D eigenvalue weighted by Crippen LogP contribution is 2.29.